The average molecular weight is 284 g/mol. The summed E-state index contributed by atoms with van der Waals surface area (Å²) in [6.45, 7) is 0.683. The van der Waals surface area contributed by atoms with E-state index in [4.69, 9.17) is 9.47 Å². The van der Waals surface area contributed by atoms with E-state index < -0.39 is 0 Å². The quantitative estimate of drug-likeness (QED) is 0.937. The monoisotopic (exact) mass is 284 g/mol. The summed E-state index contributed by atoms with van der Waals surface area (Å²) < 4.78 is 11.4. The first-order valence-electron chi connectivity index (χ1n) is 7.20. The van der Waals surface area contributed by atoms with Crippen molar-refractivity contribution in [2.75, 3.05) is 20.8 Å². The predicted molar refractivity (Wildman–Crippen MR) is 81.7 cm³/mol. The first-order valence-corrected chi connectivity index (χ1v) is 7.20. The fourth-order valence-corrected chi connectivity index (χ4v) is 2.97. The van der Waals surface area contributed by atoms with Crippen molar-refractivity contribution in [1.82, 2.24) is 10.3 Å². The number of benzene rings is 1. The molecule has 2 heterocycles. The van der Waals surface area contributed by atoms with Gasteiger partial charge in [0.2, 0.25) is 0 Å². The number of nitrogens with zero attached hydrogens (tertiary/aromatic N) is 1. The molecule has 1 N–H and O–H groups in total. The summed E-state index contributed by atoms with van der Waals surface area (Å²) in [5, 5.41) is 3.37. The van der Waals surface area contributed by atoms with E-state index in [2.05, 4.69) is 22.4 Å². The minimum absolute atomic E-state index is 0.106. The highest BCUT2D eigenvalue weighted by Gasteiger charge is 2.30. The standard InChI is InChI=1S/C17H20N2O2/c1-18-16(17-15(20-2)8-5-9-19-17)13-10-12-6-3-4-7-14(12)21-11-13/h3-9,13,16,18H,10-11H2,1-2H3. The Labute approximate surface area is 125 Å². The van der Waals surface area contributed by atoms with E-state index in [1.165, 1.54) is 5.56 Å². The van der Waals surface area contributed by atoms with Crippen molar-refractivity contribution in [3.8, 4) is 11.5 Å². The summed E-state index contributed by atoms with van der Waals surface area (Å²) in [5.41, 5.74) is 2.19. The van der Waals surface area contributed by atoms with E-state index in [9.17, 15) is 0 Å². The fourth-order valence-electron chi connectivity index (χ4n) is 2.97. The summed E-state index contributed by atoms with van der Waals surface area (Å²) in [6.07, 6.45) is 2.78. The molecule has 2 unspecified atom stereocenters. The predicted octanol–water partition coefficient (Wildman–Crippen LogP) is 2.60. The number of hydrogen-bond donors (Lipinski definition) is 1. The van der Waals surface area contributed by atoms with Crippen molar-refractivity contribution in [2.24, 2.45) is 5.92 Å². The number of methoxy groups -OCH3 is 1. The lowest BCUT2D eigenvalue weighted by Crippen LogP contribution is -2.34. The molecule has 1 aromatic carbocycles. The number of pyridine rings is 1. The maximum atomic E-state index is 5.91. The largest absolute Gasteiger partial charge is 0.495 e. The van der Waals surface area contributed by atoms with Crippen LogP contribution in [-0.2, 0) is 6.42 Å². The third kappa shape index (κ3) is 2.72. The van der Waals surface area contributed by atoms with Gasteiger partial charge in [-0.2, -0.15) is 0 Å². The van der Waals surface area contributed by atoms with Crippen LogP contribution >= 0.6 is 0 Å². The summed E-state index contributed by atoms with van der Waals surface area (Å²) in [5.74, 6) is 2.14. The molecule has 3 rings (SSSR count). The Morgan fingerprint density at radius 1 is 1.29 bits per heavy atom. The highest BCUT2D eigenvalue weighted by molar-refractivity contribution is 5.37. The average Bonchev–Trinajstić information content (AvgIpc) is 2.56. The lowest BCUT2D eigenvalue weighted by molar-refractivity contribution is 0.185. The summed E-state index contributed by atoms with van der Waals surface area (Å²) in [4.78, 5) is 4.51. The molecule has 0 spiro atoms. The van der Waals surface area contributed by atoms with Crippen LogP contribution < -0.4 is 14.8 Å². The van der Waals surface area contributed by atoms with Gasteiger partial charge in [-0.15, -0.1) is 0 Å². The van der Waals surface area contributed by atoms with Crippen molar-refractivity contribution >= 4 is 0 Å². The molecule has 21 heavy (non-hydrogen) atoms. The molecule has 0 saturated carbocycles. The van der Waals surface area contributed by atoms with Crippen LogP contribution in [0.4, 0.5) is 0 Å². The van der Waals surface area contributed by atoms with Crippen molar-refractivity contribution in [3.63, 3.8) is 0 Å². The number of hydrogen-bond acceptors (Lipinski definition) is 4. The Kier molecular flexibility index (Phi) is 4.06. The van der Waals surface area contributed by atoms with Crippen LogP contribution in [0.1, 0.15) is 17.3 Å². The minimum Gasteiger partial charge on any atom is -0.495 e. The third-order valence-corrected chi connectivity index (χ3v) is 4.00. The number of rotatable bonds is 4. The van der Waals surface area contributed by atoms with Crippen molar-refractivity contribution in [1.29, 1.82) is 0 Å². The molecule has 1 aliphatic rings. The van der Waals surface area contributed by atoms with Crippen molar-refractivity contribution in [3.05, 3.63) is 53.9 Å². The molecule has 2 atom stereocenters. The first kappa shape index (κ1) is 13.9. The molecule has 4 nitrogen and oxygen atoms in total. The van der Waals surface area contributed by atoms with Crippen LogP contribution in [0.5, 0.6) is 11.5 Å². The van der Waals surface area contributed by atoms with E-state index in [0.717, 1.165) is 23.6 Å². The van der Waals surface area contributed by atoms with Crippen LogP contribution in [0.2, 0.25) is 0 Å². The molecular weight excluding hydrogens is 264 g/mol. The van der Waals surface area contributed by atoms with Gasteiger partial charge in [0.05, 0.1) is 25.5 Å². The smallest absolute Gasteiger partial charge is 0.141 e. The zero-order valence-electron chi connectivity index (χ0n) is 12.4. The molecule has 0 radical (unpaired) electrons. The Hall–Kier alpha value is -2.07. The van der Waals surface area contributed by atoms with E-state index in [-0.39, 0.29) is 6.04 Å². The molecule has 110 valence electrons. The van der Waals surface area contributed by atoms with E-state index in [0.29, 0.717) is 12.5 Å². The van der Waals surface area contributed by atoms with Crippen LogP contribution in [0.15, 0.2) is 42.6 Å². The molecule has 2 aromatic rings. The van der Waals surface area contributed by atoms with Gasteiger partial charge < -0.3 is 14.8 Å². The Morgan fingerprint density at radius 2 is 2.14 bits per heavy atom. The lowest BCUT2D eigenvalue weighted by atomic mass is 9.88. The molecule has 0 bridgehead atoms. The lowest BCUT2D eigenvalue weighted by Gasteiger charge is -2.31. The molecule has 4 heteroatoms. The highest BCUT2D eigenvalue weighted by Crippen LogP contribution is 2.35. The number of fused-ring (bicyclic) bond motifs is 1. The molecule has 0 saturated heterocycles. The van der Waals surface area contributed by atoms with Crippen LogP contribution in [0, 0.1) is 5.92 Å². The second-order valence-electron chi connectivity index (χ2n) is 5.24. The Balaban J connectivity index is 1.88. The third-order valence-electron chi connectivity index (χ3n) is 4.00. The van der Waals surface area contributed by atoms with Gasteiger partial charge in [0.1, 0.15) is 11.5 Å². The van der Waals surface area contributed by atoms with Gasteiger partial charge in [-0.05, 0) is 37.2 Å². The van der Waals surface area contributed by atoms with Gasteiger partial charge in [0.15, 0.2) is 0 Å². The normalized spacial score (nSPS) is 18.5. The summed E-state index contributed by atoms with van der Waals surface area (Å²) in [7, 11) is 3.64. The van der Waals surface area contributed by atoms with Crippen molar-refractivity contribution in [2.45, 2.75) is 12.5 Å². The highest BCUT2D eigenvalue weighted by atomic mass is 16.5. The maximum Gasteiger partial charge on any atom is 0.141 e. The maximum absolute atomic E-state index is 5.91. The molecule has 0 amide bonds. The minimum atomic E-state index is 0.106. The number of aromatic nitrogens is 1. The topological polar surface area (TPSA) is 43.4 Å². The summed E-state index contributed by atoms with van der Waals surface area (Å²) in [6, 6.07) is 12.2. The number of ether oxygens (including phenoxy) is 2. The van der Waals surface area contributed by atoms with Gasteiger partial charge >= 0.3 is 0 Å². The number of para-hydroxylation sites is 1. The van der Waals surface area contributed by atoms with Gasteiger partial charge in [0, 0.05) is 12.1 Å². The zero-order chi connectivity index (χ0) is 14.7. The van der Waals surface area contributed by atoms with Crippen LogP contribution in [-0.4, -0.2) is 25.7 Å². The van der Waals surface area contributed by atoms with E-state index in [1.54, 1.807) is 13.3 Å². The molecular formula is C17H20N2O2. The molecule has 1 aromatic heterocycles. The molecule has 1 aliphatic heterocycles. The fraction of sp³-hybridized carbons (Fsp3) is 0.353. The van der Waals surface area contributed by atoms with Crippen LogP contribution in [0.3, 0.4) is 0 Å². The number of nitrogens with one attached hydrogen (secondary N) is 1. The first-order chi connectivity index (χ1) is 10.3. The Morgan fingerprint density at radius 3 is 2.95 bits per heavy atom. The Bertz CT molecular complexity index is 615. The van der Waals surface area contributed by atoms with E-state index >= 15 is 0 Å². The summed E-state index contributed by atoms with van der Waals surface area (Å²) >= 11 is 0. The van der Waals surface area contributed by atoms with Gasteiger partial charge in [-0.3, -0.25) is 4.98 Å². The van der Waals surface area contributed by atoms with Crippen molar-refractivity contribution < 1.29 is 9.47 Å². The van der Waals surface area contributed by atoms with Gasteiger partial charge in [-0.1, -0.05) is 18.2 Å². The van der Waals surface area contributed by atoms with Gasteiger partial charge in [-0.25, -0.2) is 0 Å². The zero-order valence-corrected chi connectivity index (χ0v) is 12.4. The van der Waals surface area contributed by atoms with E-state index in [1.807, 2.05) is 31.3 Å². The molecule has 0 fully saturated rings. The van der Waals surface area contributed by atoms with Crippen LogP contribution in [0.25, 0.3) is 0 Å². The molecule has 0 aliphatic carbocycles. The second-order valence-corrected chi connectivity index (χ2v) is 5.24. The van der Waals surface area contributed by atoms with Gasteiger partial charge in [0.25, 0.3) is 0 Å². The second kappa shape index (κ2) is 6.14. The SMILES string of the molecule is CNC(c1ncccc1OC)C1COc2ccccc2C1.